The van der Waals surface area contributed by atoms with Crippen LogP contribution in [0.15, 0.2) is 10.6 Å². The van der Waals surface area contributed by atoms with E-state index in [2.05, 4.69) is 27.6 Å². The van der Waals surface area contributed by atoms with Crippen LogP contribution < -0.4 is 0 Å². The molecule has 0 spiro atoms. The molecule has 3 heteroatoms. The van der Waals surface area contributed by atoms with Crippen molar-refractivity contribution in [2.45, 2.75) is 71.1 Å². The molecule has 0 saturated heterocycles. The molecule has 2 nitrogen and oxygen atoms in total. The molecule has 0 aromatic heterocycles. The van der Waals surface area contributed by atoms with Gasteiger partial charge in [0, 0.05) is 0 Å². The molecule has 0 atom stereocenters. The van der Waals surface area contributed by atoms with Gasteiger partial charge in [-0.2, -0.15) is 0 Å². The first-order valence-electron chi connectivity index (χ1n) is 7.16. The first-order valence-corrected chi connectivity index (χ1v) is 7.95. The summed E-state index contributed by atoms with van der Waals surface area (Å²) in [6, 6.07) is 0. The van der Waals surface area contributed by atoms with Crippen LogP contribution in [0.1, 0.15) is 71.1 Å². The number of rotatable bonds is 11. The van der Waals surface area contributed by atoms with Gasteiger partial charge in [0.1, 0.15) is 0 Å². The maximum atomic E-state index is 11.1. The quantitative estimate of drug-likeness (QED) is 0.291. The molecule has 0 bridgehead atoms. The van der Waals surface area contributed by atoms with Crippen LogP contribution in [0.4, 0.5) is 0 Å². The minimum Gasteiger partial charge on any atom is -0.465 e. The number of hydrogen-bond donors (Lipinski definition) is 0. The standard InChI is InChI=1S/C15H27BrO2/c1-3-4-5-6-7-8-9-10-11-12-13-14(16)15(17)18-2/h13H,3-12H2,1-2H3. The van der Waals surface area contributed by atoms with E-state index >= 15 is 0 Å². The molecule has 0 aromatic rings. The van der Waals surface area contributed by atoms with Crippen molar-refractivity contribution in [3.05, 3.63) is 10.6 Å². The molecule has 0 rings (SSSR count). The second-order valence-corrected chi connectivity index (χ2v) is 5.52. The second kappa shape index (κ2) is 13.1. The average molecular weight is 319 g/mol. The summed E-state index contributed by atoms with van der Waals surface area (Å²) in [5, 5.41) is 0. The highest BCUT2D eigenvalue weighted by Crippen LogP contribution is 2.13. The first-order chi connectivity index (χ1) is 8.72. The van der Waals surface area contributed by atoms with E-state index in [1.165, 1.54) is 58.5 Å². The molecule has 0 amide bonds. The molecule has 0 N–H and O–H groups in total. The van der Waals surface area contributed by atoms with E-state index in [0.29, 0.717) is 4.48 Å². The van der Waals surface area contributed by atoms with Gasteiger partial charge in [-0.05, 0) is 28.8 Å². The fourth-order valence-electron chi connectivity index (χ4n) is 1.86. The molecule has 106 valence electrons. The van der Waals surface area contributed by atoms with Crippen LogP contribution in [-0.4, -0.2) is 13.1 Å². The van der Waals surface area contributed by atoms with Crippen molar-refractivity contribution in [2.75, 3.05) is 7.11 Å². The highest BCUT2D eigenvalue weighted by molar-refractivity contribution is 9.12. The van der Waals surface area contributed by atoms with Crippen molar-refractivity contribution >= 4 is 21.9 Å². The molecule has 0 aliphatic carbocycles. The second-order valence-electron chi connectivity index (χ2n) is 4.66. The van der Waals surface area contributed by atoms with Gasteiger partial charge >= 0.3 is 5.97 Å². The number of ether oxygens (including phenoxy) is 1. The summed E-state index contributed by atoms with van der Waals surface area (Å²) in [6.45, 7) is 2.25. The molecule has 0 fully saturated rings. The van der Waals surface area contributed by atoms with Crippen LogP contribution in [0.2, 0.25) is 0 Å². The summed E-state index contributed by atoms with van der Waals surface area (Å²) in [4.78, 5) is 11.1. The molecule has 0 saturated carbocycles. The van der Waals surface area contributed by atoms with Crippen molar-refractivity contribution < 1.29 is 9.53 Å². The molecule has 0 aliphatic rings. The van der Waals surface area contributed by atoms with Crippen molar-refractivity contribution in [2.24, 2.45) is 0 Å². The average Bonchev–Trinajstić information content (AvgIpc) is 2.39. The van der Waals surface area contributed by atoms with Crippen LogP contribution in [0.3, 0.4) is 0 Å². The van der Waals surface area contributed by atoms with Crippen LogP contribution in [0.25, 0.3) is 0 Å². The van der Waals surface area contributed by atoms with Gasteiger partial charge in [0.2, 0.25) is 0 Å². The van der Waals surface area contributed by atoms with E-state index in [9.17, 15) is 4.79 Å². The van der Waals surface area contributed by atoms with Gasteiger partial charge in [0.05, 0.1) is 11.6 Å². The largest absolute Gasteiger partial charge is 0.465 e. The SMILES string of the molecule is CCCCCCCCCCCC=C(Br)C(=O)OC. The lowest BCUT2D eigenvalue weighted by atomic mass is 10.1. The fourth-order valence-corrected chi connectivity index (χ4v) is 2.26. The van der Waals surface area contributed by atoms with E-state index < -0.39 is 0 Å². The molecular weight excluding hydrogens is 292 g/mol. The number of carbonyl (C=O) groups excluding carboxylic acids is 1. The maximum absolute atomic E-state index is 11.1. The van der Waals surface area contributed by atoms with Crippen LogP contribution in [-0.2, 0) is 9.53 Å². The number of halogens is 1. The minimum absolute atomic E-state index is 0.286. The van der Waals surface area contributed by atoms with Gasteiger partial charge < -0.3 is 4.74 Å². The number of allylic oxidation sites excluding steroid dienone is 1. The topological polar surface area (TPSA) is 26.3 Å². The van der Waals surface area contributed by atoms with Crippen molar-refractivity contribution in [3.63, 3.8) is 0 Å². The summed E-state index contributed by atoms with van der Waals surface area (Å²) in [5.74, 6) is -0.286. The highest BCUT2D eigenvalue weighted by atomic mass is 79.9. The Morgan fingerprint density at radius 3 is 2.00 bits per heavy atom. The Morgan fingerprint density at radius 2 is 1.50 bits per heavy atom. The predicted molar refractivity (Wildman–Crippen MR) is 80.9 cm³/mol. The van der Waals surface area contributed by atoms with Crippen LogP contribution >= 0.6 is 15.9 Å². The van der Waals surface area contributed by atoms with Gasteiger partial charge in [0.15, 0.2) is 0 Å². The molecule has 0 aliphatic heterocycles. The summed E-state index contributed by atoms with van der Waals surface area (Å²) in [5.41, 5.74) is 0. The number of methoxy groups -OCH3 is 1. The minimum atomic E-state index is -0.286. The zero-order chi connectivity index (χ0) is 13.6. The molecule has 18 heavy (non-hydrogen) atoms. The summed E-state index contributed by atoms with van der Waals surface area (Å²) < 4.78 is 5.15. The molecule has 0 radical (unpaired) electrons. The van der Waals surface area contributed by atoms with Crippen molar-refractivity contribution in [3.8, 4) is 0 Å². The Labute approximate surface area is 120 Å². The van der Waals surface area contributed by atoms with E-state index in [4.69, 9.17) is 0 Å². The van der Waals surface area contributed by atoms with Gasteiger partial charge in [-0.15, -0.1) is 0 Å². The van der Waals surface area contributed by atoms with E-state index in [1.807, 2.05) is 6.08 Å². The Balaban J connectivity index is 3.28. The van der Waals surface area contributed by atoms with Gasteiger partial charge in [0.25, 0.3) is 0 Å². The lowest BCUT2D eigenvalue weighted by molar-refractivity contribution is -0.135. The monoisotopic (exact) mass is 318 g/mol. The van der Waals surface area contributed by atoms with Crippen LogP contribution in [0.5, 0.6) is 0 Å². The van der Waals surface area contributed by atoms with E-state index in [1.54, 1.807) is 0 Å². The zero-order valence-electron chi connectivity index (χ0n) is 11.8. The Kier molecular flexibility index (Phi) is 12.9. The Hall–Kier alpha value is -0.310. The number of unbranched alkanes of at least 4 members (excludes halogenated alkanes) is 9. The van der Waals surface area contributed by atoms with Crippen molar-refractivity contribution in [1.29, 1.82) is 0 Å². The third-order valence-electron chi connectivity index (χ3n) is 3.01. The van der Waals surface area contributed by atoms with Gasteiger partial charge in [-0.25, -0.2) is 4.79 Å². The summed E-state index contributed by atoms with van der Waals surface area (Å²) in [6.07, 6.45) is 14.8. The van der Waals surface area contributed by atoms with E-state index in [0.717, 1.165) is 12.8 Å². The fraction of sp³-hybridized carbons (Fsp3) is 0.800. The molecule has 0 aromatic carbocycles. The Bertz CT molecular complexity index is 237. The third kappa shape index (κ3) is 10.8. The number of carbonyl (C=O) groups is 1. The predicted octanol–water partition coefficient (Wildman–Crippen LogP) is 5.36. The number of esters is 1. The molecule has 0 heterocycles. The number of hydrogen-bond acceptors (Lipinski definition) is 2. The Morgan fingerprint density at radius 1 is 1.00 bits per heavy atom. The van der Waals surface area contributed by atoms with Crippen molar-refractivity contribution in [1.82, 2.24) is 0 Å². The smallest absolute Gasteiger partial charge is 0.344 e. The summed E-state index contributed by atoms with van der Waals surface area (Å²) in [7, 11) is 1.40. The lowest BCUT2D eigenvalue weighted by Crippen LogP contribution is -1.98. The zero-order valence-corrected chi connectivity index (χ0v) is 13.4. The van der Waals surface area contributed by atoms with Crippen LogP contribution in [0, 0.1) is 0 Å². The maximum Gasteiger partial charge on any atom is 0.344 e. The molecule has 0 unspecified atom stereocenters. The van der Waals surface area contributed by atoms with Gasteiger partial charge in [-0.3, -0.25) is 0 Å². The van der Waals surface area contributed by atoms with E-state index in [-0.39, 0.29) is 5.97 Å². The van der Waals surface area contributed by atoms with Gasteiger partial charge in [-0.1, -0.05) is 64.4 Å². The summed E-state index contributed by atoms with van der Waals surface area (Å²) >= 11 is 3.21. The third-order valence-corrected chi connectivity index (χ3v) is 3.66. The lowest BCUT2D eigenvalue weighted by Gasteiger charge is -2.01. The first kappa shape index (κ1) is 17.7. The highest BCUT2D eigenvalue weighted by Gasteiger charge is 2.03. The normalized spacial score (nSPS) is 11.6. The molecular formula is C15H27BrO2.